The number of fused-ring (bicyclic) bond motifs is 1. The second-order valence-corrected chi connectivity index (χ2v) is 2.64. The van der Waals surface area contributed by atoms with Crippen molar-refractivity contribution in [1.29, 1.82) is 0 Å². The number of alkyl halides is 3. The van der Waals surface area contributed by atoms with Crippen LogP contribution in [0, 0.1) is 0 Å². The van der Waals surface area contributed by atoms with Crippen LogP contribution in [0.15, 0.2) is 18.2 Å². The van der Waals surface area contributed by atoms with E-state index in [0.29, 0.717) is 0 Å². The largest absolute Gasteiger partial charge is 0.631 e. The molecule has 2 rings (SSSR count). The Morgan fingerprint density at radius 1 is 0.929 bits per heavy atom. The maximum Gasteiger partial charge on any atom is 0.631 e. The summed E-state index contributed by atoms with van der Waals surface area (Å²) in [6.45, 7) is 0. The third-order valence-electron chi connectivity index (χ3n) is 1.51. The van der Waals surface area contributed by atoms with Gasteiger partial charge in [-0.3, -0.25) is 0 Å². The number of rotatable bonds is 0. The molecule has 0 fully saturated rings. The molecule has 0 saturated carbocycles. The lowest BCUT2D eigenvalue weighted by Crippen LogP contribution is -2.07. The van der Waals surface area contributed by atoms with Crippen LogP contribution in [0.5, 0.6) is 0 Å². The molecular formula is C7H6BF3O3. The van der Waals surface area contributed by atoms with Crippen LogP contribution < -0.4 is 0 Å². The van der Waals surface area contributed by atoms with Crippen molar-refractivity contribution in [2.45, 2.75) is 6.18 Å². The zero-order valence-electron chi connectivity index (χ0n) is 6.78. The van der Waals surface area contributed by atoms with E-state index >= 15 is 0 Å². The minimum atomic E-state index is -4.17. The van der Waals surface area contributed by atoms with Gasteiger partial charge in [0.1, 0.15) is 0 Å². The molecule has 2 aliphatic carbocycles. The highest BCUT2D eigenvalue weighted by Gasteiger charge is 2.34. The Morgan fingerprint density at radius 3 is 1.50 bits per heavy atom. The van der Waals surface area contributed by atoms with Crippen LogP contribution in [0.4, 0.5) is 13.2 Å². The molecule has 7 heteroatoms. The summed E-state index contributed by atoms with van der Waals surface area (Å²) in [4.78, 5) is 0. The Hall–Kier alpha value is -1.05. The molecule has 2 aliphatic rings. The minimum Gasteiger partial charge on any atom is -0.402 e. The molecule has 0 aromatic carbocycles. The molecule has 3 nitrogen and oxygen atoms in total. The predicted octanol–water partition coefficient (Wildman–Crippen LogP) is 0.634. The Morgan fingerprint density at radius 2 is 1.29 bits per heavy atom. The van der Waals surface area contributed by atoms with Gasteiger partial charge in [-0.05, 0) is 29.3 Å². The highest BCUT2D eigenvalue weighted by atomic mass is 19.4. The van der Waals surface area contributed by atoms with Crippen molar-refractivity contribution >= 4 is 7.32 Å². The van der Waals surface area contributed by atoms with Gasteiger partial charge in [0.2, 0.25) is 0 Å². The highest BCUT2D eigenvalue weighted by molar-refractivity contribution is 6.30. The zero-order chi connectivity index (χ0) is 10.9. The summed E-state index contributed by atoms with van der Waals surface area (Å²) in [5.41, 5.74) is 0.930. The molecule has 0 bridgehead atoms. The maximum absolute atomic E-state index is 11.8. The van der Waals surface area contributed by atoms with Crippen LogP contribution in [-0.2, 0) is 6.18 Å². The third kappa shape index (κ3) is 3.02. The summed E-state index contributed by atoms with van der Waals surface area (Å²) >= 11 is 0. The molecule has 0 unspecified atom stereocenters. The maximum atomic E-state index is 11.8. The van der Waals surface area contributed by atoms with Gasteiger partial charge in [-0.1, -0.05) is 0 Å². The van der Waals surface area contributed by atoms with Crippen molar-refractivity contribution in [1.82, 2.24) is 0 Å². The van der Waals surface area contributed by atoms with Gasteiger partial charge in [0.05, 0.1) is 5.56 Å². The lowest BCUT2D eigenvalue weighted by molar-refractivity contribution is -0.137. The average Bonchev–Trinajstić information content (AvgIpc) is 2.55. The first kappa shape index (κ1) is 11.0. The van der Waals surface area contributed by atoms with Crippen LogP contribution >= 0.6 is 0 Å². The summed E-state index contributed by atoms with van der Waals surface area (Å²) < 4.78 is 35.4. The van der Waals surface area contributed by atoms with Crippen LogP contribution in [0.1, 0.15) is 5.56 Å². The lowest BCUT2D eigenvalue weighted by atomic mass is 10.3. The summed E-state index contributed by atoms with van der Waals surface area (Å²) in [5, 5.41) is 21.5. The van der Waals surface area contributed by atoms with Crippen molar-refractivity contribution in [3.63, 3.8) is 0 Å². The fourth-order valence-electron chi connectivity index (χ4n) is 0.922. The quantitative estimate of drug-likeness (QED) is 0.554. The standard InChI is InChI=1S/C7H3F3.BH3O3/c8-7(9,10)6-2-4-1-5(4)3-6;2-1(3)4/h1-3H;2-4H. The first-order valence-electron chi connectivity index (χ1n) is 3.57. The lowest BCUT2D eigenvalue weighted by Gasteiger charge is -2.00. The van der Waals surface area contributed by atoms with Gasteiger partial charge in [0.15, 0.2) is 0 Å². The molecule has 0 heterocycles. The first-order chi connectivity index (χ1) is 6.30. The monoisotopic (exact) mass is 206 g/mol. The second kappa shape index (κ2) is 3.60. The predicted molar refractivity (Wildman–Crippen MR) is 42.8 cm³/mol. The van der Waals surface area contributed by atoms with Crippen LogP contribution in [-0.4, -0.2) is 22.4 Å². The number of halogens is 3. The van der Waals surface area contributed by atoms with Crippen LogP contribution in [0.25, 0.3) is 11.1 Å². The molecule has 0 aromatic heterocycles. The van der Waals surface area contributed by atoms with Crippen LogP contribution in [0.2, 0.25) is 0 Å². The molecule has 0 atom stereocenters. The van der Waals surface area contributed by atoms with Gasteiger partial charge >= 0.3 is 13.5 Å². The Balaban J connectivity index is 0.000000213. The molecule has 0 spiro atoms. The highest BCUT2D eigenvalue weighted by Crippen LogP contribution is 2.42. The van der Waals surface area contributed by atoms with E-state index in [1.165, 1.54) is 0 Å². The Bertz CT molecular complexity index is 314. The van der Waals surface area contributed by atoms with Gasteiger partial charge in [-0.15, -0.1) is 0 Å². The normalized spacial score (nSPS) is 11.6. The summed E-state index contributed by atoms with van der Waals surface area (Å²) in [5.74, 6) is 0. The molecular weight excluding hydrogens is 200 g/mol. The summed E-state index contributed by atoms with van der Waals surface area (Å²) in [7, 11) is -2.17. The smallest absolute Gasteiger partial charge is 0.402 e. The van der Waals surface area contributed by atoms with E-state index in [2.05, 4.69) is 0 Å². The molecule has 0 aliphatic heterocycles. The molecule has 0 aromatic rings. The van der Waals surface area contributed by atoms with Gasteiger partial charge in [0.25, 0.3) is 0 Å². The van der Waals surface area contributed by atoms with Crippen molar-refractivity contribution in [3.05, 3.63) is 23.8 Å². The molecule has 3 N–H and O–H groups in total. The van der Waals surface area contributed by atoms with Gasteiger partial charge in [-0.25, -0.2) is 0 Å². The fourth-order valence-corrected chi connectivity index (χ4v) is 0.922. The number of benzene rings is 1. The molecule has 14 heavy (non-hydrogen) atoms. The zero-order valence-corrected chi connectivity index (χ0v) is 6.78. The second-order valence-electron chi connectivity index (χ2n) is 2.64. The van der Waals surface area contributed by atoms with Crippen molar-refractivity contribution in [3.8, 4) is 11.1 Å². The fraction of sp³-hybridized carbons (Fsp3) is 0.143. The number of hydrogen-bond donors (Lipinski definition) is 3. The first-order valence-corrected chi connectivity index (χ1v) is 3.57. The van der Waals surface area contributed by atoms with Gasteiger partial charge in [0, 0.05) is 0 Å². The molecule has 0 radical (unpaired) electrons. The van der Waals surface area contributed by atoms with Crippen molar-refractivity contribution in [2.75, 3.05) is 0 Å². The van der Waals surface area contributed by atoms with E-state index in [9.17, 15) is 13.2 Å². The van der Waals surface area contributed by atoms with E-state index in [-0.39, 0.29) is 0 Å². The third-order valence-corrected chi connectivity index (χ3v) is 1.51. The molecule has 76 valence electrons. The van der Waals surface area contributed by atoms with E-state index in [4.69, 9.17) is 15.1 Å². The summed E-state index contributed by atoms with van der Waals surface area (Å²) in [6.07, 6.45) is -4.17. The van der Waals surface area contributed by atoms with Crippen LogP contribution in [0.3, 0.4) is 0 Å². The molecule has 0 saturated heterocycles. The Kier molecular flexibility index (Phi) is 2.84. The van der Waals surface area contributed by atoms with E-state index in [1.54, 1.807) is 6.07 Å². The van der Waals surface area contributed by atoms with Crippen molar-refractivity contribution in [2.24, 2.45) is 0 Å². The Labute approximate surface area is 77.6 Å². The summed E-state index contributed by atoms with van der Waals surface area (Å²) in [6, 6.07) is 4.04. The van der Waals surface area contributed by atoms with Gasteiger partial charge < -0.3 is 15.1 Å². The SMILES string of the molecule is FC(F)(F)c1cc2cc-2c1.OB(O)O. The van der Waals surface area contributed by atoms with E-state index in [0.717, 1.165) is 23.3 Å². The number of hydrogen-bond acceptors (Lipinski definition) is 3. The average molecular weight is 206 g/mol. The topological polar surface area (TPSA) is 60.7 Å². The van der Waals surface area contributed by atoms with E-state index in [1.807, 2.05) is 0 Å². The van der Waals surface area contributed by atoms with Gasteiger partial charge in [-0.2, -0.15) is 13.2 Å². The van der Waals surface area contributed by atoms with E-state index < -0.39 is 19.1 Å². The molecule has 0 amide bonds. The minimum absolute atomic E-state index is 0.528. The van der Waals surface area contributed by atoms with Crippen molar-refractivity contribution < 1.29 is 28.2 Å².